The predicted molar refractivity (Wildman–Crippen MR) is 134 cm³/mol. The summed E-state index contributed by atoms with van der Waals surface area (Å²) in [5.74, 6) is 0.934. The molecular weight excluding hydrogens is 474 g/mol. The van der Waals surface area contributed by atoms with Crippen molar-refractivity contribution in [2.45, 2.75) is 31.6 Å². The number of anilines is 1. The molecule has 0 fully saturated rings. The fourth-order valence-corrected chi connectivity index (χ4v) is 5.75. The van der Waals surface area contributed by atoms with Crippen molar-refractivity contribution in [3.63, 3.8) is 0 Å². The first kappa shape index (κ1) is 25.7. The number of sulfonamides is 1. The molecule has 2 aromatic carbocycles. The van der Waals surface area contributed by atoms with Crippen LogP contribution in [0.15, 0.2) is 52.7 Å². The van der Waals surface area contributed by atoms with Crippen molar-refractivity contribution >= 4 is 32.4 Å². The Hall–Kier alpha value is -2.95. The Morgan fingerprint density at radius 1 is 1.03 bits per heavy atom. The van der Waals surface area contributed by atoms with Gasteiger partial charge >= 0.3 is 0 Å². The number of nitrogens with zero attached hydrogens (tertiary/aromatic N) is 2. The van der Waals surface area contributed by atoms with Crippen LogP contribution in [0.1, 0.15) is 37.0 Å². The number of thiazole rings is 1. The van der Waals surface area contributed by atoms with E-state index in [4.69, 9.17) is 9.47 Å². The largest absolute Gasteiger partial charge is 0.497 e. The number of rotatable bonds is 11. The quantitative estimate of drug-likeness (QED) is 0.400. The van der Waals surface area contributed by atoms with Gasteiger partial charge in [-0.05, 0) is 55.3 Å². The molecule has 1 N–H and O–H groups in total. The van der Waals surface area contributed by atoms with E-state index in [2.05, 4.69) is 10.3 Å². The summed E-state index contributed by atoms with van der Waals surface area (Å²) in [7, 11) is -0.437. The number of aromatic nitrogens is 1. The Balaban J connectivity index is 1.76. The molecule has 0 atom stereocenters. The molecule has 1 amide bonds. The second-order valence-corrected chi connectivity index (χ2v) is 10.3. The summed E-state index contributed by atoms with van der Waals surface area (Å²) in [4.78, 5) is 17.4. The van der Waals surface area contributed by atoms with Gasteiger partial charge in [-0.25, -0.2) is 13.4 Å². The number of hydrogen-bond donors (Lipinski definition) is 1. The molecule has 1 aromatic heterocycles. The molecule has 0 aliphatic carbocycles. The standard InChI is InChI=1S/C24H29N3O5S2/c1-5-13-27(14-6-2)34(29,30)19-10-7-17(8-11-19)23(28)26-24-25-21(16-33-24)20-15-18(31-3)9-12-22(20)32-4/h7-12,15-16H,5-6,13-14H2,1-4H3,(H,25,26,28). The minimum absolute atomic E-state index is 0.174. The summed E-state index contributed by atoms with van der Waals surface area (Å²) in [6.45, 7) is 4.81. The number of amides is 1. The van der Waals surface area contributed by atoms with Crippen LogP contribution in [0.5, 0.6) is 11.5 Å². The number of nitrogens with one attached hydrogen (secondary N) is 1. The van der Waals surface area contributed by atoms with E-state index in [1.165, 1.54) is 39.9 Å². The first-order chi connectivity index (χ1) is 16.3. The van der Waals surface area contributed by atoms with E-state index in [1.54, 1.807) is 26.4 Å². The zero-order chi connectivity index (χ0) is 24.7. The molecule has 0 saturated heterocycles. The van der Waals surface area contributed by atoms with Gasteiger partial charge in [0.2, 0.25) is 10.0 Å². The van der Waals surface area contributed by atoms with Gasteiger partial charge in [0.1, 0.15) is 11.5 Å². The molecule has 0 bridgehead atoms. The van der Waals surface area contributed by atoms with Crippen LogP contribution in [0.4, 0.5) is 5.13 Å². The van der Waals surface area contributed by atoms with Gasteiger partial charge in [-0.15, -0.1) is 11.3 Å². The molecule has 0 aliphatic heterocycles. The molecule has 0 saturated carbocycles. The van der Waals surface area contributed by atoms with Crippen LogP contribution < -0.4 is 14.8 Å². The number of carbonyl (C=O) groups is 1. The van der Waals surface area contributed by atoms with E-state index in [1.807, 2.05) is 25.3 Å². The van der Waals surface area contributed by atoms with Gasteiger partial charge < -0.3 is 9.47 Å². The van der Waals surface area contributed by atoms with E-state index >= 15 is 0 Å². The highest BCUT2D eigenvalue weighted by Gasteiger charge is 2.23. The summed E-state index contributed by atoms with van der Waals surface area (Å²) >= 11 is 1.28. The van der Waals surface area contributed by atoms with Gasteiger partial charge in [-0.2, -0.15) is 4.31 Å². The molecular formula is C24H29N3O5S2. The second-order valence-electron chi connectivity index (χ2n) is 7.49. The third-order valence-corrected chi connectivity index (χ3v) is 7.78. The highest BCUT2D eigenvalue weighted by molar-refractivity contribution is 7.89. The lowest BCUT2D eigenvalue weighted by Crippen LogP contribution is -2.32. The van der Waals surface area contributed by atoms with Gasteiger partial charge in [0.15, 0.2) is 5.13 Å². The van der Waals surface area contributed by atoms with E-state index in [0.717, 1.165) is 18.4 Å². The normalized spacial score (nSPS) is 11.4. The molecule has 182 valence electrons. The van der Waals surface area contributed by atoms with Crippen molar-refractivity contribution in [2.24, 2.45) is 0 Å². The van der Waals surface area contributed by atoms with Crippen LogP contribution in [0, 0.1) is 0 Å². The van der Waals surface area contributed by atoms with Crippen molar-refractivity contribution in [3.05, 3.63) is 53.4 Å². The monoisotopic (exact) mass is 503 g/mol. The minimum Gasteiger partial charge on any atom is -0.497 e. The van der Waals surface area contributed by atoms with Crippen LogP contribution in [-0.2, 0) is 10.0 Å². The lowest BCUT2D eigenvalue weighted by Gasteiger charge is -2.21. The van der Waals surface area contributed by atoms with Crippen molar-refractivity contribution in [3.8, 4) is 22.8 Å². The molecule has 8 nitrogen and oxygen atoms in total. The molecule has 0 radical (unpaired) electrons. The van der Waals surface area contributed by atoms with Crippen LogP contribution in [0.2, 0.25) is 0 Å². The smallest absolute Gasteiger partial charge is 0.257 e. The summed E-state index contributed by atoms with van der Waals surface area (Å²) < 4.78 is 38.0. The van der Waals surface area contributed by atoms with Crippen LogP contribution in [0.25, 0.3) is 11.3 Å². The summed E-state index contributed by atoms with van der Waals surface area (Å²) in [6.07, 6.45) is 1.47. The van der Waals surface area contributed by atoms with Gasteiger partial charge in [0.05, 0.1) is 24.8 Å². The Morgan fingerprint density at radius 2 is 1.71 bits per heavy atom. The molecule has 3 rings (SSSR count). The van der Waals surface area contributed by atoms with Gasteiger partial charge in [-0.1, -0.05) is 13.8 Å². The fourth-order valence-electron chi connectivity index (χ4n) is 3.42. The highest BCUT2D eigenvalue weighted by Crippen LogP contribution is 2.35. The van der Waals surface area contributed by atoms with E-state index in [0.29, 0.717) is 41.0 Å². The van der Waals surface area contributed by atoms with E-state index in [9.17, 15) is 13.2 Å². The number of ether oxygens (including phenoxy) is 2. The lowest BCUT2D eigenvalue weighted by molar-refractivity contribution is 0.102. The number of hydrogen-bond acceptors (Lipinski definition) is 7. The molecule has 0 spiro atoms. The van der Waals surface area contributed by atoms with Gasteiger partial charge in [-0.3, -0.25) is 10.1 Å². The van der Waals surface area contributed by atoms with Crippen LogP contribution in [-0.4, -0.2) is 50.9 Å². The Morgan fingerprint density at radius 3 is 2.29 bits per heavy atom. The Bertz CT molecular complexity index is 1220. The van der Waals surface area contributed by atoms with Crippen molar-refractivity contribution in [1.29, 1.82) is 0 Å². The maximum Gasteiger partial charge on any atom is 0.257 e. The Labute approximate surface area is 204 Å². The van der Waals surface area contributed by atoms with Crippen molar-refractivity contribution in [2.75, 3.05) is 32.6 Å². The second kappa shape index (κ2) is 11.5. The van der Waals surface area contributed by atoms with E-state index in [-0.39, 0.29) is 10.8 Å². The van der Waals surface area contributed by atoms with Gasteiger partial charge in [0, 0.05) is 29.6 Å². The molecule has 0 aliphatic rings. The van der Waals surface area contributed by atoms with Gasteiger partial charge in [0.25, 0.3) is 5.91 Å². The Kier molecular flexibility index (Phi) is 8.65. The molecule has 1 heterocycles. The zero-order valence-electron chi connectivity index (χ0n) is 19.7. The molecule has 34 heavy (non-hydrogen) atoms. The first-order valence-electron chi connectivity index (χ1n) is 10.9. The maximum atomic E-state index is 12.9. The van der Waals surface area contributed by atoms with Crippen LogP contribution in [0.3, 0.4) is 0 Å². The topological polar surface area (TPSA) is 97.8 Å². The third kappa shape index (κ3) is 5.75. The number of carbonyl (C=O) groups excluding carboxylic acids is 1. The zero-order valence-corrected chi connectivity index (χ0v) is 21.3. The highest BCUT2D eigenvalue weighted by atomic mass is 32.2. The lowest BCUT2D eigenvalue weighted by atomic mass is 10.1. The molecule has 0 unspecified atom stereocenters. The van der Waals surface area contributed by atoms with E-state index < -0.39 is 10.0 Å². The van der Waals surface area contributed by atoms with Crippen molar-refractivity contribution < 1.29 is 22.7 Å². The average Bonchev–Trinajstić information content (AvgIpc) is 3.31. The first-order valence-corrected chi connectivity index (χ1v) is 13.3. The van der Waals surface area contributed by atoms with Crippen molar-refractivity contribution in [1.82, 2.24) is 9.29 Å². The summed E-state index contributed by atoms with van der Waals surface area (Å²) in [5.41, 5.74) is 1.73. The maximum absolute atomic E-state index is 12.9. The molecule has 3 aromatic rings. The number of methoxy groups -OCH3 is 2. The summed E-state index contributed by atoms with van der Waals surface area (Å²) in [6, 6.07) is 11.4. The fraction of sp³-hybridized carbons (Fsp3) is 0.333. The molecule has 10 heteroatoms. The average molecular weight is 504 g/mol. The SMILES string of the molecule is CCCN(CCC)S(=O)(=O)c1ccc(C(=O)Nc2nc(-c3cc(OC)ccc3OC)cs2)cc1. The summed E-state index contributed by atoms with van der Waals surface area (Å²) in [5, 5.41) is 5.01. The predicted octanol–water partition coefficient (Wildman–Crippen LogP) is 4.89. The third-order valence-electron chi connectivity index (χ3n) is 5.11. The van der Waals surface area contributed by atoms with Crippen LogP contribution >= 0.6 is 11.3 Å². The number of benzene rings is 2. The minimum atomic E-state index is -3.60.